The van der Waals surface area contributed by atoms with Crippen LogP contribution in [-0.4, -0.2) is 36.0 Å². The summed E-state index contributed by atoms with van der Waals surface area (Å²) >= 11 is 0. The third-order valence-corrected chi connectivity index (χ3v) is 3.64. The van der Waals surface area contributed by atoms with Crippen LogP contribution in [0.15, 0.2) is 23.1 Å². The fourth-order valence-electron chi connectivity index (χ4n) is 2.50. The number of hydrogen-bond acceptors (Lipinski definition) is 3. The van der Waals surface area contributed by atoms with E-state index in [4.69, 9.17) is 4.74 Å². The van der Waals surface area contributed by atoms with Gasteiger partial charge in [-0.05, 0) is 37.8 Å². The predicted octanol–water partition coefficient (Wildman–Crippen LogP) is 2.49. The summed E-state index contributed by atoms with van der Waals surface area (Å²) in [6.45, 7) is -0.318. The number of rotatable bonds is 5. The lowest BCUT2D eigenvalue weighted by Crippen LogP contribution is -2.35. The normalized spacial score (nSPS) is 18.2. The number of amides is 2. The molecule has 1 saturated heterocycles. The number of nitrogens with zero attached hydrogens (tertiary/aromatic N) is 1. The molecule has 1 aliphatic heterocycles. The number of nitrogens with one attached hydrogen (secondary N) is 2. The predicted molar refractivity (Wildman–Crippen MR) is 82.0 cm³/mol. The lowest BCUT2D eigenvalue weighted by Gasteiger charge is -2.22. The molecule has 0 unspecified atom stereocenters. The van der Waals surface area contributed by atoms with Crippen molar-refractivity contribution in [2.45, 2.75) is 44.5 Å². The molecule has 0 aliphatic carbocycles. The molecule has 0 spiro atoms. The molecule has 1 fully saturated rings. The van der Waals surface area contributed by atoms with E-state index in [1.54, 1.807) is 0 Å². The van der Waals surface area contributed by atoms with E-state index >= 15 is 0 Å². The number of carbonyl (C=O) groups excluding carboxylic acids is 1. The molecule has 9 heteroatoms. The number of ether oxygens (including phenoxy) is 1. The largest absolute Gasteiger partial charge is 0.406 e. The van der Waals surface area contributed by atoms with Gasteiger partial charge in [-0.3, -0.25) is 4.79 Å². The Hall–Kier alpha value is -2.03. The molecular weight excluding hydrogens is 327 g/mol. The van der Waals surface area contributed by atoms with E-state index in [0.717, 1.165) is 32.1 Å². The first-order valence-corrected chi connectivity index (χ1v) is 7.78. The van der Waals surface area contributed by atoms with Crippen LogP contribution in [0.3, 0.4) is 0 Å². The van der Waals surface area contributed by atoms with Gasteiger partial charge in [0.25, 0.3) is 5.56 Å². The lowest BCUT2D eigenvalue weighted by molar-refractivity contribution is -0.141. The molecule has 0 radical (unpaired) electrons. The summed E-state index contributed by atoms with van der Waals surface area (Å²) in [5.41, 5.74) is -1.10. The van der Waals surface area contributed by atoms with Gasteiger partial charge >= 0.3 is 12.2 Å². The average molecular weight is 347 g/mol. The number of anilines is 1. The number of urea groups is 1. The van der Waals surface area contributed by atoms with E-state index in [0.29, 0.717) is 17.5 Å². The van der Waals surface area contributed by atoms with Crippen molar-refractivity contribution in [1.29, 1.82) is 0 Å². The van der Waals surface area contributed by atoms with Crippen LogP contribution in [0.4, 0.5) is 23.7 Å². The van der Waals surface area contributed by atoms with Gasteiger partial charge in [0.2, 0.25) is 0 Å². The summed E-state index contributed by atoms with van der Waals surface area (Å²) in [6.07, 6.45) is 0.372. The number of alkyl halides is 3. The van der Waals surface area contributed by atoms with Crippen molar-refractivity contribution in [3.05, 3.63) is 28.7 Å². The molecule has 0 saturated carbocycles. The zero-order valence-electron chi connectivity index (χ0n) is 13.1. The van der Waals surface area contributed by atoms with Crippen molar-refractivity contribution < 1.29 is 22.7 Å². The van der Waals surface area contributed by atoms with Crippen molar-refractivity contribution in [2.75, 3.05) is 18.5 Å². The van der Waals surface area contributed by atoms with E-state index in [1.807, 2.05) is 0 Å². The molecular formula is C15H20F3N3O3. The minimum Gasteiger partial charge on any atom is -0.378 e. The van der Waals surface area contributed by atoms with Crippen LogP contribution in [-0.2, 0) is 11.3 Å². The minimum atomic E-state index is -4.51. The first-order valence-electron chi connectivity index (χ1n) is 7.78. The smallest absolute Gasteiger partial charge is 0.378 e. The highest BCUT2D eigenvalue weighted by atomic mass is 19.4. The SMILES string of the molecule is O=C(NCC[C@H]1CCCCO1)Nc1cccn(CC(F)(F)F)c1=O. The van der Waals surface area contributed by atoms with E-state index in [-0.39, 0.29) is 11.8 Å². The van der Waals surface area contributed by atoms with Crippen LogP contribution in [0.25, 0.3) is 0 Å². The van der Waals surface area contributed by atoms with Gasteiger partial charge in [-0.25, -0.2) is 4.79 Å². The number of halogens is 3. The first kappa shape index (κ1) is 18.3. The fourth-order valence-corrected chi connectivity index (χ4v) is 2.50. The topological polar surface area (TPSA) is 72.4 Å². The number of hydrogen-bond donors (Lipinski definition) is 2. The summed E-state index contributed by atoms with van der Waals surface area (Å²) in [5, 5.41) is 4.86. The third-order valence-electron chi connectivity index (χ3n) is 3.64. The van der Waals surface area contributed by atoms with Gasteiger partial charge in [-0.2, -0.15) is 13.2 Å². The van der Waals surface area contributed by atoms with Crippen LogP contribution in [0, 0.1) is 0 Å². The van der Waals surface area contributed by atoms with E-state index in [2.05, 4.69) is 10.6 Å². The second-order valence-corrected chi connectivity index (χ2v) is 5.63. The molecule has 2 heterocycles. The van der Waals surface area contributed by atoms with Crippen LogP contribution in [0.5, 0.6) is 0 Å². The zero-order valence-corrected chi connectivity index (χ0v) is 13.1. The Kier molecular flexibility index (Phi) is 6.24. The number of pyridine rings is 1. The Morgan fingerprint density at radius 2 is 2.17 bits per heavy atom. The Morgan fingerprint density at radius 3 is 2.83 bits per heavy atom. The number of aromatic nitrogens is 1. The molecule has 2 N–H and O–H groups in total. The van der Waals surface area contributed by atoms with Crippen molar-refractivity contribution in [1.82, 2.24) is 9.88 Å². The molecule has 1 aromatic heterocycles. The van der Waals surface area contributed by atoms with Crippen molar-refractivity contribution in [2.24, 2.45) is 0 Å². The summed E-state index contributed by atoms with van der Waals surface area (Å²) in [5.74, 6) is 0. The number of carbonyl (C=O) groups is 1. The first-order chi connectivity index (χ1) is 11.3. The van der Waals surface area contributed by atoms with Crippen LogP contribution < -0.4 is 16.2 Å². The van der Waals surface area contributed by atoms with Crippen molar-refractivity contribution in [3.8, 4) is 0 Å². The molecule has 0 aromatic carbocycles. The third kappa shape index (κ3) is 5.88. The lowest BCUT2D eigenvalue weighted by atomic mass is 10.1. The Balaban J connectivity index is 1.85. The maximum Gasteiger partial charge on any atom is 0.406 e. The van der Waals surface area contributed by atoms with Gasteiger partial charge in [0.1, 0.15) is 12.2 Å². The van der Waals surface area contributed by atoms with Gasteiger partial charge in [0.05, 0.1) is 6.10 Å². The maximum absolute atomic E-state index is 12.4. The minimum absolute atomic E-state index is 0.111. The maximum atomic E-state index is 12.4. The second-order valence-electron chi connectivity index (χ2n) is 5.63. The van der Waals surface area contributed by atoms with Gasteiger partial charge in [0, 0.05) is 19.3 Å². The molecule has 1 aromatic rings. The summed E-state index contributed by atoms with van der Waals surface area (Å²) < 4.78 is 43.2. The second kappa shape index (κ2) is 8.18. The van der Waals surface area contributed by atoms with Crippen LogP contribution in [0.2, 0.25) is 0 Å². The zero-order chi connectivity index (χ0) is 17.6. The van der Waals surface area contributed by atoms with Gasteiger partial charge in [-0.15, -0.1) is 0 Å². The van der Waals surface area contributed by atoms with Crippen molar-refractivity contribution in [3.63, 3.8) is 0 Å². The van der Waals surface area contributed by atoms with Crippen molar-refractivity contribution >= 4 is 11.7 Å². The Morgan fingerprint density at radius 1 is 1.38 bits per heavy atom. The molecule has 134 valence electrons. The van der Waals surface area contributed by atoms with Crippen LogP contribution in [0.1, 0.15) is 25.7 Å². The van der Waals surface area contributed by atoms with E-state index < -0.39 is 24.3 Å². The molecule has 6 nitrogen and oxygen atoms in total. The molecule has 0 bridgehead atoms. The standard InChI is InChI=1S/C15H20F3N3O3/c16-15(17,18)10-21-8-3-5-12(13(21)22)20-14(23)19-7-6-11-4-1-2-9-24-11/h3,5,8,11H,1-2,4,6-7,9-10H2,(H2,19,20,23)/t11-/m1/s1. The molecule has 1 atom stereocenters. The highest BCUT2D eigenvalue weighted by Crippen LogP contribution is 2.17. The monoisotopic (exact) mass is 347 g/mol. The molecule has 1 aliphatic rings. The summed E-state index contributed by atoms with van der Waals surface area (Å²) in [6, 6.07) is 1.91. The Labute approximate surface area is 137 Å². The van der Waals surface area contributed by atoms with Gasteiger partial charge in [-0.1, -0.05) is 0 Å². The highest BCUT2D eigenvalue weighted by molar-refractivity contribution is 5.88. The average Bonchev–Trinajstić information content (AvgIpc) is 2.51. The Bertz CT molecular complexity index is 610. The quantitative estimate of drug-likeness (QED) is 0.860. The molecule has 2 amide bonds. The summed E-state index contributed by atoms with van der Waals surface area (Å²) in [4.78, 5) is 23.7. The highest BCUT2D eigenvalue weighted by Gasteiger charge is 2.28. The van der Waals surface area contributed by atoms with E-state index in [9.17, 15) is 22.8 Å². The molecule has 2 rings (SSSR count). The molecule has 24 heavy (non-hydrogen) atoms. The van der Waals surface area contributed by atoms with E-state index in [1.165, 1.54) is 12.1 Å². The van der Waals surface area contributed by atoms with Gasteiger partial charge in [0.15, 0.2) is 0 Å². The fraction of sp³-hybridized carbons (Fsp3) is 0.600. The van der Waals surface area contributed by atoms with Gasteiger partial charge < -0.3 is 19.9 Å². The summed E-state index contributed by atoms with van der Waals surface area (Å²) in [7, 11) is 0. The van der Waals surface area contributed by atoms with Crippen LogP contribution >= 0.6 is 0 Å².